The van der Waals surface area contributed by atoms with Crippen molar-refractivity contribution in [2.24, 2.45) is 0 Å². The first-order chi connectivity index (χ1) is 8.99. The molecule has 0 atom stereocenters. The zero-order chi connectivity index (χ0) is 14.0. The van der Waals surface area contributed by atoms with Crippen LogP contribution < -0.4 is 5.32 Å². The molecule has 1 heterocycles. The number of anilines is 1. The summed E-state index contributed by atoms with van der Waals surface area (Å²) in [5.74, 6) is -2.41. The third-order valence-electron chi connectivity index (χ3n) is 2.34. The van der Waals surface area contributed by atoms with Gasteiger partial charge >= 0.3 is 0 Å². The Morgan fingerprint density at radius 3 is 2.63 bits per heavy atom. The van der Waals surface area contributed by atoms with Gasteiger partial charge in [0, 0.05) is 17.5 Å². The molecular formula is C11H7ClF2N2O2S. The van der Waals surface area contributed by atoms with Gasteiger partial charge in [-0.2, -0.15) is 0 Å². The molecule has 0 aliphatic carbocycles. The van der Waals surface area contributed by atoms with Gasteiger partial charge in [0.1, 0.15) is 0 Å². The van der Waals surface area contributed by atoms with E-state index in [1.54, 1.807) is 12.1 Å². The third kappa shape index (κ3) is 2.99. The number of benzene rings is 1. The molecule has 0 amide bonds. The quantitative estimate of drug-likeness (QED) is 0.680. The van der Waals surface area contributed by atoms with Crippen molar-refractivity contribution in [3.05, 3.63) is 55.2 Å². The largest absolute Gasteiger partial charge is 0.372 e. The number of hydrogen-bond acceptors (Lipinski definition) is 4. The predicted octanol–water partition coefficient (Wildman–Crippen LogP) is 4.20. The van der Waals surface area contributed by atoms with Crippen molar-refractivity contribution in [3.8, 4) is 0 Å². The lowest BCUT2D eigenvalue weighted by Gasteiger charge is -2.07. The first kappa shape index (κ1) is 13.7. The lowest BCUT2D eigenvalue weighted by atomic mass is 10.2. The van der Waals surface area contributed by atoms with Gasteiger partial charge in [0.15, 0.2) is 17.3 Å². The van der Waals surface area contributed by atoms with Crippen LogP contribution in [0.2, 0.25) is 4.34 Å². The minimum absolute atomic E-state index is 0.124. The number of thiophene rings is 1. The van der Waals surface area contributed by atoms with Crippen LogP contribution in [0.4, 0.5) is 20.2 Å². The summed E-state index contributed by atoms with van der Waals surface area (Å²) < 4.78 is 27.2. The van der Waals surface area contributed by atoms with Gasteiger partial charge in [0.2, 0.25) is 0 Å². The molecule has 0 aliphatic rings. The number of hydrogen-bond donors (Lipinski definition) is 1. The molecule has 0 saturated carbocycles. The SMILES string of the molecule is O=[N+]([O-])c1ccc(F)c(F)c1NCc1ccc(Cl)s1. The average Bonchev–Trinajstić information content (AvgIpc) is 2.76. The highest BCUT2D eigenvalue weighted by Crippen LogP contribution is 2.30. The molecular weight excluding hydrogens is 298 g/mol. The van der Waals surface area contributed by atoms with E-state index >= 15 is 0 Å². The second kappa shape index (κ2) is 5.50. The molecule has 0 spiro atoms. The van der Waals surface area contributed by atoms with Crippen molar-refractivity contribution < 1.29 is 13.7 Å². The number of nitro benzene ring substituents is 1. The molecule has 100 valence electrons. The average molecular weight is 305 g/mol. The Labute approximate surface area is 115 Å². The minimum Gasteiger partial charge on any atom is -0.372 e. The fourth-order valence-corrected chi connectivity index (χ4v) is 2.51. The zero-order valence-electron chi connectivity index (χ0n) is 9.32. The maximum Gasteiger partial charge on any atom is 0.295 e. The molecule has 19 heavy (non-hydrogen) atoms. The lowest BCUT2D eigenvalue weighted by molar-refractivity contribution is -0.384. The molecule has 1 N–H and O–H groups in total. The molecule has 1 aromatic carbocycles. The molecule has 8 heteroatoms. The van der Waals surface area contributed by atoms with Gasteiger partial charge in [-0.05, 0) is 18.2 Å². The summed E-state index contributed by atoms with van der Waals surface area (Å²) in [7, 11) is 0. The van der Waals surface area contributed by atoms with E-state index in [1.165, 1.54) is 11.3 Å². The van der Waals surface area contributed by atoms with E-state index in [0.717, 1.165) is 17.0 Å². The molecule has 2 rings (SSSR count). The van der Waals surface area contributed by atoms with Gasteiger partial charge in [-0.15, -0.1) is 11.3 Å². The number of nitrogens with one attached hydrogen (secondary N) is 1. The van der Waals surface area contributed by atoms with Crippen LogP contribution in [0.15, 0.2) is 24.3 Å². The maximum atomic E-state index is 13.6. The molecule has 0 saturated heterocycles. The smallest absolute Gasteiger partial charge is 0.295 e. The summed E-state index contributed by atoms with van der Waals surface area (Å²) in [5, 5.41) is 13.3. The van der Waals surface area contributed by atoms with Crippen LogP contribution in [0.5, 0.6) is 0 Å². The summed E-state index contributed by atoms with van der Waals surface area (Å²) in [6.07, 6.45) is 0. The first-order valence-corrected chi connectivity index (χ1v) is 6.29. The van der Waals surface area contributed by atoms with Crippen LogP contribution in [0, 0.1) is 21.7 Å². The number of nitrogens with zero attached hydrogens (tertiary/aromatic N) is 1. The van der Waals surface area contributed by atoms with Gasteiger partial charge in [-0.25, -0.2) is 8.78 Å². The fraction of sp³-hybridized carbons (Fsp3) is 0.0909. The fourth-order valence-electron chi connectivity index (χ4n) is 1.48. The standard InChI is InChI=1S/C11H7ClF2N2O2S/c12-9-4-1-6(19-9)5-15-11-8(16(17)18)3-2-7(13)10(11)14/h1-4,15H,5H2. The summed E-state index contributed by atoms with van der Waals surface area (Å²) in [5.41, 5.74) is -0.976. The van der Waals surface area contributed by atoms with Crippen molar-refractivity contribution in [2.75, 3.05) is 5.32 Å². The van der Waals surface area contributed by atoms with Crippen molar-refractivity contribution >= 4 is 34.3 Å². The monoisotopic (exact) mass is 304 g/mol. The Hall–Kier alpha value is -1.73. The Bertz CT molecular complexity index is 633. The highest BCUT2D eigenvalue weighted by Gasteiger charge is 2.21. The van der Waals surface area contributed by atoms with Crippen LogP contribution in [0.25, 0.3) is 0 Å². The van der Waals surface area contributed by atoms with Crippen molar-refractivity contribution in [1.82, 2.24) is 0 Å². The molecule has 2 aromatic rings. The summed E-state index contributed by atoms with van der Waals surface area (Å²) >= 11 is 6.98. The summed E-state index contributed by atoms with van der Waals surface area (Å²) in [6.45, 7) is 0.124. The molecule has 0 unspecified atom stereocenters. The Morgan fingerprint density at radius 1 is 1.32 bits per heavy atom. The lowest BCUT2D eigenvalue weighted by Crippen LogP contribution is -2.05. The van der Waals surface area contributed by atoms with Crippen LogP contribution >= 0.6 is 22.9 Å². The highest BCUT2D eigenvalue weighted by atomic mass is 35.5. The van der Waals surface area contributed by atoms with E-state index in [-0.39, 0.29) is 6.54 Å². The molecule has 0 bridgehead atoms. The topological polar surface area (TPSA) is 55.2 Å². The third-order valence-corrected chi connectivity index (χ3v) is 3.57. The molecule has 0 radical (unpaired) electrons. The number of halogens is 3. The van der Waals surface area contributed by atoms with Gasteiger partial charge in [0.05, 0.1) is 9.26 Å². The number of rotatable bonds is 4. The highest BCUT2D eigenvalue weighted by molar-refractivity contribution is 7.16. The van der Waals surface area contributed by atoms with Crippen LogP contribution in [0.3, 0.4) is 0 Å². The van der Waals surface area contributed by atoms with E-state index in [1.807, 2.05) is 0 Å². The molecule has 4 nitrogen and oxygen atoms in total. The van der Waals surface area contributed by atoms with Gasteiger partial charge in [0.25, 0.3) is 5.69 Å². The van der Waals surface area contributed by atoms with E-state index in [2.05, 4.69) is 5.32 Å². The maximum absolute atomic E-state index is 13.6. The van der Waals surface area contributed by atoms with E-state index in [4.69, 9.17) is 11.6 Å². The Morgan fingerprint density at radius 2 is 2.05 bits per heavy atom. The summed E-state index contributed by atoms with van der Waals surface area (Å²) in [4.78, 5) is 10.7. The Kier molecular flexibility index (Phi) is 3.96. The Balaban J connectivity index is 2.28. The van der Waals surface area contributed by atoms with Gasteiger partial charge < -0.3 is 5.32 Å². The predicted molar refractivity (Wildman–Crippen MR) is 69.7 cm³/mol. The van der Waals surface area contributed by atoms with Crippen molar-refractivity contribution in [1.29, 1.82) is 0 Å². The molecule has 1 aromatic heterocycles. The van der Waals surface area contributed by atoms with Gasteiger partial charge in [-0.1, -0.05) is 11.6 Å². The second-order valence-corrected chi connectivity index (χ2v) is 5.37. The number of nitro groups is 1. The van der Waals surface area contributed by atoms with Crippen molar-refractivity contribution in [2.45, 2.75) is 6.54 Å². The first-order valence-electron chi connectivity index (χ1n) is 5.09. The van der Waals surface area contributed by atoms with E-state index < -0.39 is 27.9 Å². The second-order valence-electron chi connectivity index (χ2n) is 3.57. The van der Waals surface area contributed by atoms with Crippen LogP contribution in [-0.4, -0.2) is 4.92 Å². The van der Waals surface area contributed by atoms with Crippen LogP contribution in [-0.2, 0) is 6.54 Å². The van der Waals surface area contributed by atoms with E-state index in [9.17, 15) is 18.9 Å². The van der Waals surface area contributed by atoms with Crippen LogP contribution in [0.1, 0.15) is 4.88 Å². The van der Waals surface area contributed by atoms with Gasteiger partial charge in [-0.3, -0.25) is 10.1 Å². The van der Waals surface area contributed by atoms with Crippen molar-refractivity contribution in [3.63, 3.8) is 0 Å². The molecule has 0 aliphatic heterocycles. The zero-order valence-corrected chi connectivity index (χ0v) is 10.9. The summed E-state index contributed by atoms with van der Waals surface area (Å²) in [6, 6.07) is 4.99. The normalized spacial score (nSPS) is 10.5. The van der Waals surface area contributed by atoms with E-state index in [0.29, 0.717) is 4.34 Å². The minimum atomic E-state index is -1.27. The molecule has 0 fully saturated rings.